The number of aromatic nitrogens is 1. The van der Waals surface area contributed by atoms with Crippen LogP contribution in [-0.4, -0.2) is 36.0 Å². The number of ether oxygens (including phenoxy) is 1. The van der Waals surface area contributed by atoms with Crippen LogP contribution in [0, 0.1) is 5.82 Å². The Kier molecular flexibility index (Phi) is 4.81. The van der Waals surface area contributed by atoms with Crippen LogP contribution in [-0.2, 0) is 11.3 Å². The van der Waals surface area contributed by atoms with Crippen molar-refractivity contribution in [1.82, 2.24) is 9.30 Å². The van der Waals surface area contributed by atoms with Crippen LogP contribution in [0.5, 0.6) is 0 Å². The van der Waals surface area contributed by atoms with Gasteiger partial charge in [-0.05, 0) is 33.2 Å². The van der Waals surface area contributed by atoms with Gasteiger partial charge in [0.1, 0.15) is 16.2 Å². The third kappa shape index (κ3) is 3.03. The maximum absolute atomic E-state index is 13.9. The average molecular weight is 383 g/mol. The Morgan fingerprint density at radius 3 is 2.76 bits per heavy atom. The zero-order valence-electron chi connectivity index (χ0n) is 13.9. The fourth-order valence-electron chi connectivity index (χ4n) is 2.74. The van der Waals surface area contributed by atoms with Gasteiger partial charge in [0.25, 0.3) is 0 Å². The number of rotatable bonds is 4. The van der Waals surface area contributed by atoms with Crippen molar-refractivity contribution in [2.45, 2.75) is 13.5 Å². The van der Waals surface area contributed by atoms with E-state index in [1.54, 1.807) is 11.3 Å². The zero-order valence-corrected chi connectivity index (χ0v) is 15.5. The third-order valence-corrected chi connectivity index (χ3v) is 5.01. The number of halogens is 2. The van der Waals surface area contributed by atoms with E-state index in [0.29, 0.717) is 16.9 Å². The van der Waals surface area contributed by atoms with Gasteiger partial charge in [0.2, 0.25) is 5.43 Å². The standard InChI is InChI=1S/C17H16ClFN2O3S/c1-4-24-17(23)14-15(22)10-5-12(19)11(18)6-13(10)21-9(7-20(2)3)8-25-16(14)21/h5-6,8H,4,7H2,1-3H3. The second-order valence-electron chi connectivity index (χ2n) is 5.81. The van der Waals surface area contributed by atoms with Gasteiger partial charge in [-0.2, -0.15) is 0 Å². The molecule has 1 aromatic carbocycles. The first kappa shape index (κ1) is 17.8. The lowest BCUT2D eigenvalue weighted by atomic mass is 10.1. The quantitative estimate of drug-likeness (QED) is 0.647. The molecule has 0 atom stereocenters. The number of nitrogens with zero attached hydrogens (tertiary/aromatic N) is 2. The maximum Gasteiger partial charge on any atom is 0.345 e. The molecule has 0 bridgehead atoms. The first-order valence-electron chi connectivity index (χ1n) is 7.60. The highest BCUT2D eigenvalue weighted by Crippen LogP contribution is 2.28. The largest absolute Gasteiger partial charge is 0.462 e. The monoisotopic (exact) mass is 382 g/mol. The number of carbonyl (C=O) groups excluding carboxylic acids is 1. The molecular formula is C17H16ClFN2O3S. The molecule has 3 rings (SSSR count). The summed E-state index contributed by atoms with van der Waals surface area (Å²) in [5, 5.41) is 1.89. The Morgan fingerprint density at radius 2 is 2.12 bits per heavy atom. The van der Waals surface area contributed by atoms with E-state index in [9.17, 15) is 14.0 Å². The van der Waals surface area contributed by atoms with Crippen LogP contribution in [0.15, 0.2) is 22.3 Å². The molecule has 0 saturated carbocycles. The molecule has 8 heteroatoms. The summed E-state index contributed by atoms with van der Waals surface area (Å²) in [5.74, 6) is -1.41. The summed E-state index contributed by atoms with van der Waals surface area (Å²) in [4.78, 5) is 27.6. The topological polar surface area (TPSA) is 51.0 Å². The summed E-state index contributed by atoms with van der Waals surface area (Å²) < 4.78 is 20.8. The molecule has 5 nitrogen and oxygen atoms in total. The molecule has 0 saturated heterocycles. The van der Waals surface area contributed by atoms with Gasteiger partial charge < -0.3 is 14.0 Å². The molecule has 0 fully saturated rings. The predicted octanol–water partition coefficient (Wildman–Crippen LogP) is 3.55. The van der Waals surface area contributed by atoms with E-state index in [0.717, 1.165) is 11.8 Å². The molecule has 25 heavy (non-hydrogen) atoms. The molecule has 3 aromatic rings. The van der Waals surface area contributed by atoms with Crippen molar-refractivity contribution in [2.24, 2.45) is 0 Å². The lowest BCUT2D eigenvalue weighted by Crippen LogP contribution is -2.21. The molecule has 0 N–H and O–H groups in total. The number of pyridine rings is 1. The van der Waals surface area contributed by atoms with E-state index in [2.05, 4.69) is 0 Å². The van der Waals surface area contributed by atoms with E-state index in [1.165, 1.54) is 17.4 Å². The van der Waals surface area contributed by atoms with Gasteiger partial charge in [0, 0.05) is 17.6 Å². The number of thiazole rings is 1. The molecule has 2 aromatic heterocycles. The molecule has 0 aliphatic rings. The Morgan fingerprint density at radius 1 is 1.40 bits per heavy atom. The summed E-state index contributed by atoms with van der Waals surface area (Å²) in [6, 6.07) is 2.49. The summed E-state index contributed by atoms with van der Waals surface area (Å²) in [5.41, 5.74) is 0.703. The minimum Gasteiger partial charge on any atom is -0.462 e. The Balaban J connectivity index is 2.49. The van der Waals surface area contributed by atoms with Gasteiger partial charge in [-0.3, -0.25) is 4.79 Å². The van der Waals surface area contributed by atoms with Crippen molar-refractivity contribution in [1.29, 1.82) is 0 Å². The van der Waals surface area contributed by atoms with E-state index in [1.807, 2.05) is 24.4 Å². The first-order chi connectivity index (χ1) is 11.8. The van der Waals surface area contributed by atoms with Crippen molar-refractivity contribution in [3.8, 4) is 0 Å². The van der Waals surface area contributed by atoms with Crippen LogP contribution >= 0.6 is 22.9 Å². The van der Waals surface area contributed by atoms with E-state index >= 15 is 0 Å². The lowest BCUT2D eigenvalue weighted by Gasteiger charge is -2.13. The number of hydrogen-bond acceptors (Lipinski definition) is 5. The number of benzene rings is 1. The summed E-state index contributed by atoms with van der Waals surface area (Å²) in [6.07, 6.45) is 0. The average Bonchev–Trinajstić information content (AvgIpc) is 2.92. The van der Waals surface area contributed by atoms with E-state index in [4.69, 9.17) is 16.3 Å². The Labute approximate surface area is 152 Å². The highest BCUT2D eigenvalue weighted by molar-refractivity contribution is 7.16. The predicted molar refractivity (Wildman–Crippen MR) is 97.4 cm³/mol. The molecule has 0 unspecified atom stereocenters. The summed E-state index contributed by atoms with van der Waals surface area (Å²) in [6.45, 7) is 2.39. The molecule has 0 amide bonds. The molecule has 0 radical (unpaired) electrons. The van der Waals surface area contributed by atoms with Crippen molar-refractivity contribution in [3.05, 3.63) is 49.8 Å². The van der Waals surface area contributed by atoms with Gasteiger partial charge in [0.15, 0.2) is 0 Å². The molecule has 132 valence electrons. The van der Waals surface area contributed by atoms with Crippen molar-refractivity contribution < 1.29 is 13.9 Å². The van der Waals surface area contributed by atoms with Gasteiger partial charge in [-0.25, -0.2) is 9.18 Å². The molecular weight excluding hydrogens is 367 g/mol. The number of fused-ring (bicyclic) bond motifs is 3. The fourth-order valence-corrected chi connectivity index (χ4v) is 3.95. The van der Waals surface area contributed by atoms with Crippen LogP contribution in [0.25, 0.3) is 15.7 Å². The number of carbonyl (C=O) groups is 1. The number of esters is 1. The highest BCUT2D eigenvalue weighted by atomic mass is 35.5. The van der Waals surface area contributed by atoms with E-state index < -0.39 is 17.2 Å². The highest BCUT2D eigenvalue weighted by Gasteiger charge is 2.23. The van der Waals surface area contributed by atoms with Crippen LogP contribution in [0.3, 0.4) is 0 Å². The van der Waals surface area contributed by atoms with Crippen LogP contribution in [0.1, 0.15) is 23.0 Å². The van der Waals surface area contributed by atoms with Gasteiger partial charge >= 0.3 is 5.97 Å². The summed E-state index contributed by atoms with van der Waals surface area (Å²) in [7, 11) is 3.82. The minimum absolute atomic E-state index is 0.0772. The van der Waals surface area contributed by atoms with Crippen LogP contribution < -0.4 is 5.43 Å². The second-order valence-corrected chi connectivity index (χ2v) is 7.08. The smallest absolute Gasteiger partial charge is 0.345 e. The maximum atomic E-state index is 13.9. The van der Waals surface area contributed by atoms with Gasteiger partial charge in [0.05, 0.1) is 22.5 Å². The fraction of sp³-hybridized carbons (Fsp3) is 0.294. The normalized spacial score (nSPS) is 11.6. The number of hydrogen-bond donors (Lipinski definition) is 0. The Bertz CT molecular complexity index is 1040. The Hall–Kier alpha value is -1.96. The third-order valence-electron chi connectivity index (χ3n) is 3.72. The van der Waals surface area contributed by atoms with E-state index in [-0.39, 0.29) is 22.6 Å². The second kappa shape index (κ2) is 6.74. The SMILES string of the molecule is CCOC(=O)c1c(=O)c2cc(F)c(Cl)cc2n2c(CN(C)C)csc12. The van der Waals surface area contributed by atoms with Gasteiger partial charge in [-0.1, -0.05) is 11.6 Å². The molecule has 0 spiro atoms. The molecule has 2 heterocycles. The lowest BCUT2D eigenvalue weighted by molar-refractivity contribution is 0.0527. The zero-order chi connectivity index (χ0) is 18.3. The molecule has 0 aliphatic carbocycles. The van der Waals surface area contributed by atoms with Crippen LogP contribution in [0.4, 0.5) is 4.39 Å². The van der Waals surface area contributed by atoms with Gasteiger partial charge in [-0.15, -0.1) is 11.3 Å². The van der Waals surface area contributed by atoms with Crippen LogP contribution in [0.2, 0.25) is 5.02 Å². The van der Waals surface area contributed by atoms with Crippen molar-refractivity contribution in [2.75, 3.05) is 20.7 Å². The first-order valence-corrected chi connectivity index (χ1v) is 8.86. The minimum atomic E-state index is -0.708. The molecule has 0 aliphatic heterocycles. The summed E-state index contributed by atoms with van der Waals surface area (Å²) >= 11 is 7.20. The van der Waals surface area contributed by atoms with Crippen molar-refractivity contribution in [3.63, 3.8) is 0 Å². The van der Waals surface area contributed by atoms with Crippen molar-refractivity contribution >= 4 is 44.6 Å².